The van der Waals surface area contributed by atoms with E-state index in [0.29, 0.717) is 5.95 Å². The van der Waals surface area contributed by atoms with Gasteiger partial charge in [-0.3, -0.25) is 0 Å². The standard InChI is InChI=1S/C18H17N5/c19-17(21-15-9-5-2-6-10-15)23-18-20-12-11-16(22-18)13-14-7-3-1-4-8-14/h1-12H,13H2,(H3,19,20,21,22,23). The van der Waals surface area contributed by atoms with Gasteiger partial charge in [-0.2, -0.15) is 4.99 Å². The molecule has 3 aromatic rings. The average molecular weight is 303 g/mol. The van der Waals surface area contributed by atoms with Gasteiger partial charge in [-0.1, -0.05) is 48.5 Å². The molecule has 0 bridgehead atoms. The Hall–Kier alpha value is -3.21. The number of nitrogens with two attached hydrogens (primary N) is 1. The van der Waals surface area contributed by atoms with Gasteiger partial charge in [-0.15, -0.1) is 0 Å². The third-order valence-electron chi connectivity index (χ3n) is 3.20. The molecule has 0 spiro atoms. The van der Waals surface area contributed by atoms with E-state index in [4.69, 9.17) is 5.73 Å². The topological polar surface area (TPSA) is 76.2 Å². The Balaban J connectivity index is 1.73. The van der Waals surface area contributed by atoms with Crippen molar-refractivity contribution in [3.8, 4) is 0 Å². The fourth-order valence-corrected chi connectivity index (χ4v) is 2.15. The average Bonchev–Trinajstić information content (AvgIpc) is 2.57. The maximum Gasteiger partial charge on any atom is 0.252 e. The lowest BCUT2D eigenvalue weighted by molar-refractivity contribution is 1.02. The molecule has 0 fully saturated rings. The summed E-state index contributed by atoms with van der Waals surface area (Å²) in [4.78, 5) is 12.8. The van der Waals surface area contributed by atoms with Crippen molar-refractivity contribution >= 4 is 17.6 Å². The van der Waals surface area contributed by atoms with Crippen LogP contribution in [0.2, 0.25) is 0 Å². The summed E-state index contributed by atoms with van der Waals surface area (Å²) in [6.45, 7) is 0. The largest absolute Gasteiger partial charge is 0.369 e. The molecule has 1 heterocycles. The van der Waals surface area contributed by atoms with Gasteiger partial charge in [-0.25, -0.2) is 9.97 Å². The van der Waals surface area contributed by atoms with Crippen LogP contribution in [-0.4, -0.2) is 15.9 Å². The third kappa shape index (κ3) is 4.38. The van der Waals surface area contributed by atoms with Crippen LogP contribution in [0.15, 0.2) is 77.9 Å². The van der Waals surface area contributed by atoms with E-state index in [1.165, 1.54) is 5.56 Å². The minimum Gasteiger partial charge on any atom is -0.369 e. The van der Waals surface area contributed by atoms with Crippen LogP contribution < -0.4 is 11.1 Å². The van der Waals surface area contributed by atoms with Crippen LogP contribution in [0.1, 0.15) is 11.3 Å². The van der Waals surface area contributed by atoms with Gasteiger partial charge in [0.25, 0.3) is 5.95 Å². The van der Waals surface area contributed by atoms with Gasteiger partial charge in [0.05, 0.1) is 5.69 Å². The molecule has 0 aliphatic carbocycles. The molecule has 3 N–H and O–H groups in total. The van der Waals surface area contributed by atoms with Gasteiger partial charge in [0.15, 0.2) is 0 Å². The first-order chi connectivity index (χ1) is 11.3. The zero-order valence-corrected chi connectivity index (χ0v) is 12.6. The number of aliphatic imine (C=N–C) groups is 1. The predicted octanol–water partition coefficient (Wildman–Crippen LogP) is 3.13. The van der Waals surface area contributed by atoms with Crippen molar-refractivity contribution in [2.45, 2.75) is 6.42 Å². The summed E-state index contributed by atoms with van der Waals surface area (Å²) in [5.41, 5.74) is 8.86. The highest BCUT2D eigenvalue weighted by atomic mass is 15.2. The highest BCUT2D eigenvalue weighted by molar-refractivity contribution is 5.93. The van der Waals surface area contributed by atoms with Crippen molar-refractivity contribution in [3.05, 3.63) is 84.2 Å². The molecule has 0 radical (unpaired) electrons. The van der Waals surface area contributed by atoms with Crippen LogP contribution >= 0.6 is 0 Å². The van der Waals surface area contributed by atoms with Gasteiger partial charge in [-0.05, 0) is 23.8 Å². The second kappa shape index (κ2) is 7.17. The van der Waals surface area contributed by atoms with Gasteiger partial charge in [0, 0.05) is 18.3 Å². The van der Waals surface area contributed by atoms with Crippen molar-refractivity contribution in [3.63, 3.8) is 0 Å². The molecule has 0 unspecified atom stereocenters. The number of aromatic nitrogens is 2. The molecule has 114 valence electrons. The zero-order chi connectivity index (χ0) is 15.9. The van der Waals surface area contributed by atoms with E-state index in [2.05, 4.69) is 32.4 Å². The zero-order valence-electron chi connectivity index (χ0n) is 12.6. The summed E-state index contributed by atoms with van der Waals surface area (Å²) >= 11 is 0. The van der Waals surface area contributed by atoms with Crippen LogP contribution in [0.25, 0.3) is 0 Å². The Labute approximate surface area is 134 Å². The Kier molecular flexibility index (Phi) is 4.59. The molecule has 3 rings (SSSR count). The number of para-hydroxylation sites is 1. The lowest BCUT2D eigenvalue weighted by atomic mass is 10.1. The van der Waals surface area contributed by atoms with Crippen LogP contribution in [0.3, 0.4) is 0 Å². The number of rotatable bonds is 4. The first kappa shape index (κ1) is 14.7. The summed E-state index contributed by atoms with van der Waals surface area (Å²) < 4.78 is 0. The lowest BCUT2D eigenvalue weighted by Crippen LogP contribution is -2.22. The molecule has 23 heavy (non-hydrogen) atoms. The molecule has 5 nitrogen and oxygen atoms in total. The molecule has 0 aliphatic rings. The Morgan fingerprint density at radius 3 is 2.39 bits per heavy atom. The minimum absolute atomic E-state index is 0.257. The quantitative estimate of drug-likeness (QED) is 0.573. The number of nitrogens with one attached hydrogen (secondary N) is 1. The van der Waals surface area contributed by atoms with Gasteiger partial charge < -0.3 is 11.1 Å². The molecular formula is C18H17N5. The Morgan fingerprint density at radius 1 is 0.957 bits per heavy atom. The molecule has 0 saturated carbocycles. The molecule has 5 heteroatoms. The summed E-state index contributed by atoms with van der Waals surface area (Å²) in [7, 11) is 0. The van der Waals surface area contributed by atoms with E-state index in [9.17, 15) is 0 Å². The van der Waals surface area contributed by atoms with Crippen molar-refractivity contribution in [2.24, 2.45) is 10.7 Å². The molecule has 1 aromatic heterocycles. The van der Waals surface area contributed by atoms with Crippen LogP contribution in [0.5, 0.6) is 0 Å². The second-order valence-electron chi connectivity index (χ2n) is 5.00. The van der Waals surface area contributed by atoms with E-state index in [0.717, 1.165) is 17.8 Å². The smallest absolute Gasteiger partial charge is 0.252 e. The van der Waals surface area contributed by atoms with Crippen LogP contribution in [0, 0.1) is 0 Å². The molecule has 0 amide bonds. The Bertz CT molecular complexity index is 785. The van der Waals surface area contributed by atoms with Crippen LogP contribution in [-0.2, 0) is 6.42 Å². The normalized spacial score (nSPS) is 11.2. The molecule has 2 aromatic carbocycles. The van der Waals surface area contributed by atoms with Gasteiger partial charge in [0.1, 0.15) is 0 Å². The third-order valence-corrected chi connectivity index (χ3v) is 3.20. The van der Waals surface area contributed by atoms with Crippen LogP contribution in [0.4, 0.5) is 11.6 Å². The van der Waals surface area contributed by atoms with E-state index in [1.54, 1.807) is 6.20 Å². The van der Waals surface area contributed by atoms with E-state index < -0.39 is 0 Å². The highest BCUT2D eigenvalue weighted by Crippen LogP contribution is 2.10. The number of benzene rings is 2. The van der Waals surface area contributed by atoms with E-state index in [1.807, 2.05) is 54.6 Å². The van der Waals surface area contributed by atoms with Crippen molar-refractivity contribution < 1.29 is 0 Å². The monoisotopic (exact) mass is 303 g/mol. The second-order valence-corrected chi connectivity index (χ2v) is 5.00. The number of hydrogen-bond acceptors (Lipinski definition) is 3. The van der Waals surface area contributed by atoms with Crippen molar-refractivity contribution in [1.82, 2.24) is 9.97 Å². The minimum atomic E-state index is 0.257. The maximum atomic E-state index is 5.90. The predicted molar refractivity (Wildman–Crippen MR) is 92.6 cm³/mol. The Morgan fingerprint density at radius 2 is 1.65 bits per heavy atom. The molecule has 0 atom stereocenters. The highest BCUT2D eigenvalue weighted by Gasteiger charge is 2.01. The van der Waals surface area contributed by atoms with E-state index in [-0.39, 0.29) is 5.96 Å². The lowest BCUT2D eigenvalue weighted by Gasteiger charge is -2.05. The first-order valence-electron chi connectivity index (χ1n) is 7.32. The molecule has 0 aliphatic heterocycles. The maximum absolute atomic E-state index is 5.90. The number of nitrogens with zero attached hydrogens (tertiary/aromatic N) is 3. The summed E-state index contributed by atoms with van der Waals surface area (Å²) in [6.07, 6.45) is 2.43. The SMILES string of the molecule is NC(=Nc1nccc(Cc2ccccc2)n1)Nc1ccccc1. The van der Waals surface area contributed by atoms with Crippen molar-refractivity contribution in [1.29, 1.82) is 0 Å². The van der Waals surface area contributed by atoms with Gasteiger partial charge >= 0.3 is 0 Å². The fraction of sp³-hybridized carbons (Fsp3) is 0.0556. The molecule has 0 saturated heterocycles. The number of anilines is 1. The summed E-state index contributed by atoms with van der Waals surface area (Å²) in [6, 6.07) is 21.6. The number of hydrogen-bond donors (Lipinski definition) is 2. The summed E-state index contributed by atoms with van der Waals surface area (Å²) in [5, 5.41) is 3.01. The fourth-order valence-electron chi connectivity index (χ4n) is 2.15. The summed E-state index contributed by atoms with van der Waals surface area (Å²) in [5.74, 6) is 0.604. The van der Waals surface area contributed by atoms with Gasteiger partial charge in [0.2, 0.25) is 5.96 Å². The molecular weight excluding hydrogens is 286 g/mol. The van der Waals surface area contributed by atoms with Crippen molar-refractivity contribution in [2.75, 3.05) is 5.32 Å². The first-order valence-corrected chi connectivity index (χ1v) is 7.32. The number of guanidine groups is 1. The van der Waals surface area contributed by atoms with E-state index >= 15 is 0 Å².